The van der Waals surface area contributed by atoms with Crippen LogP contribution in [0.2, 0.25) is 0 Å². The summed E-state index contributed by atoms with van der Waals surface area (Å²) in [6, 6.07) is 4.84. The first-order chi connectivity index (χ1) is 10.1. The molecule has 0 saturated carbocycles. The molecule has 112 valence electrons. The smallest absolute Gasteiger partial charge is 0.274 e. The fourth-order valence-electron chi connectivity index (χ4n) is 2.13. The number of hydrogen-bond acceptors (Lipinski definition) is 6. The predicted molar refractivity (Wildman–Crippen MR) is 77.3 cm³/mol. The van der Waals surface area contributed by atoms with Crippen LogP contribution < -0.4 is 5.32 Å². The molecule has 0 aliphatic rings. The molecule has 1 N–H and O–H groups in total. The first kappa shape index (κ1) is 15.0. The van der Waals surface area contributed by atoms with E-state index in [0.717, 1.165) is 13.0 Å². The molecule has 0 spiro atoms. The van der Waals surface area contributed by atoms with Crippen molar-refractivity contribution in [2.45, 2.75) is 33.2 Å². The molecule has 0 bridgehead atoms. The first-order valence-electron chi connectivity index (χ1n) is 6.82. The molecule has 0 aliphatic heterocycles. The number of rotatable bonds is 6. The zero-order chi connectivity index (χ0) is 15.4. The van der Waals surface area contributed by atoms with Crippen molar-refractivity contribution in [3.63, 3.8) is 0 Å². The first-order valence-corrected chi connectivity index (χ1v) is 6.82. The zero-order valence-electron chi connectivity index (χ0n) is 12.3. The monoisotopic (exact) mass is 290 g/mol. The Morgan fingerprint density at radius 1 is 1.48 bits per heavy atom. The largest absolute Gasteiger partial charge is 0.307 e. The lowest BCUT2D eigenvalue weighted by molar-refractivity contribution is -0.385. The third kappa shape index (κ3) is 3.05. The van der Waals surface area contributed by atoms with Gasteiger partial charge in [-0.15, -0.1) is 5.10 Å². The highest BCUT2D eigenvalue weighted by molar-refractivity contribution is 5.52. The Bertz CT molecular complexity index is 639. The van der Waals surface area contributed by atoms with Crippen LogP contribution in [0.15, 0.2) is 18.2 Å². The number of aromatic nitrogens is 4. The van der Waals surface area contributed by atoms with Crippen molar-refractivity contribution in [2.75, 3.05) is 6.54 Å². The van der Waals surface area contributed by atoms with Crippen molar-refractivity contribution in [3.05, 3.63) is 39.7 Å². The quantitative estimate of drug-likeness (QED) is 0.644. The number of nitro groups is 1. The second-order valence-electron chi connectivity index (χ2n) is 4.80. The van der Waals surface area contributed by atoms with Gasteiger partial charge in [-0.2, -0.15) is 4.68 Å². The van der Waals surface area contributed by atoms with Crippen LogP contribution in [0.5, 0.6) is 0 Å². The number of benzene rings is 1. The van der Waals surface area contributed by atoms with Crippen LogP contribution in [0.4, 0.5) is 5.69 Å². The van der Waals surface area contributed by atoms with E-state index in [9.17, 15) is 10.1 Å². The molecule has 1 atom stereocenters. The van der Waals surface area contributed by atoms with Crippen LogP contribution in [0.3, 0.4) is 0 Å². The molecule has 8 heteroatoms. The minimum absolute atomic E-state index is 0.0430. The van der Waals surface area contributed by atoms with Crippen molar-refractivity contribution in [1.82, 2.24) is 25.5 Å². The summed E-state index contributed by atoms with van der Waals surface area (Å²) in [6.07, 6.45) is 1.00. The molecule has 2 rings (SSSR count). The van der Waals surface area contributed by atoms with E-state index in [0.29, 0.717) is 17.1 Å². The fourth-order valence-corrected chi connectivity index (χ4v) is 2.13. The average molecular weight is 290 g/mol. The summed E-state index contributed by atoms with van der Waals surface area (Å²) in [7, 11) is 0. The van der Waals surface area contributed by atoms with Gasteiger partial charge in [0, 0.05) is 6.07 Å². The number of tetrazole rings is 1. The normalized spacial score (nSPS) is 12.3. The average Bonchev–Trinajstić information content (AvgIpc) is 2.94. The lowest BCUT2D eigenvalue weighted by Crippen LogP contribution is -2.23. The van der Waals surface area contributed by atoms with E-state index in [1.807, 2.05) is 6.92 Å². The standard InChI is InChI=1S/C13H18N6O2/c1-4-8-14-10(3)13-15-16-17-18(13)11-6-5-7-12(9(11)2)19(20)21/h5-7,10,14H,4,8H2,1-3H3. The fraction of sp³-hybridized carbons (Fsp3) is 0.462. The van der Waals surface area contributed by atoms with Crippen molar-refractivity contribution in [3.8, 4) is 5.69 Å². The third-order valence-electron chi connectivity index (χ3n) is 3.28. The molecule has 21 heavy (non-hydrogen) atoms. The Kier molecular flexibility index (Phi) is 4.59. The molecule has 8 nitrogen and oxygen atoms in total. The number of nitrogens with one attached hydrogen (secondary N) is 1. The maximum Gasteiger partial charge on any atom is 0.274 e. The summed E-state index contributed by atoms with van der Waals surface area (Å²) in [5, 5.41) is 26.0. The van der Waals surface area contributed by atoms with Gasteiger partial charge in [-0.1, -0.05) is 13.0 Å². The second kappa shape index (κ2) is 6.40. The Morgan fingerprint density at radius 3 is 2.90 bits per heavy atom. The molecule has 0 amide bonds. The molecular weight excluding hydrogens is 272 g/mol. The Morgan fingerprint density at radius 2 is 2.24 bits per heavy atom. The van der Waals surface area contributed by atoms with Crippen LogP contribution in [0, 0.1) is 17.0 Å². The minimum atomic E-state index is -0.401. The minimum Gasteiger partial charge on any atom is -0.307 e. The highest BCUT2D eigenvalue weighted by atomic mass is 16.6. The van der Waals surface area contributed by atoms with Crippen LogP contribution in [-0.4, -0.2) is 31.7 Å². The molecule has 0 fully saturated rings. The van der Waals surface area contributed by atoms with Gasteiger partial charge < -0.3 is 5.32 Å². The van der Waals surface area contributed by atoms with Gasteiger partial charge in [0.1, 0.15) is 0 Å². The van der Waals surface area contributed by atoms with Crippen molar-refractivity contribution >= 4 is 5.69 Å². The van der Waals surface area contributed by atoms with Gasteiger partial charge in [-0.05, 0) is 43.3 Å². The van der Waals surface area contributed by atoms with E-state index in [1.54, 1.807) is 23.7 Å². The molecule has 0 radical (unpaired) electrons. The van der Waals surface area contributed by atoms with Crippen LogP contribution >= 0.6 is 0 Å². The molecule has 2 aromatic rings. The van der Waals surface area contributed by atoms with Gasteiger partial charge in [-0.25, -0.2) is 0 Å². The molecule has 0 saturated heterocycles. The second-order valence-corrected chi connectivity index (χ2v) is 4.80. The Balaban J connectivity index is 2.42. The highest BCUT2D eigenvalue weighted by Crippen LogP contribution is 2.25. The lowest BCUT2D eigenvalue weighted by Gasteiger charge is -2.14. The lowest BCUT2D eigenvalue weighted by atomic mass is 10.1. The van der Waals surface area contributed by atoms with Crippen LogP contribution in [-0.2, 0) is 0 Å². The highest BCUT2D eigenvalue weighted by Gasteiger charge is 2.20. The SMILES string of the molecule is CCCNC(C)c1nnnn1-c1cccc([N+](=O)[O-])c1C. The summed E-state index contributed by atoms with van der Waals surface area (Å²) in [5.41, 5.74) is 1.22. The van der Waals surface area contributed by atoms with E-state index in [-0.39, 0.29) is 11.7 Å². The summed E-state index contributed by atoms with van der Waals surface area (Å²) in [6.45, 7) is 6.59. The molecule has 1 unspecified atom stereocenters. The zero-order valence-corrected chi connectivity index (χ0v) is 12.3. The van der Waals surface area contributed by atoms with E-state index in [1.165, 1.54) is 6.07 Å². The summed E-state index contributed by atoms with van der Waals surface area (Å²) in [5.74, 6) is 0.632. The van der Waals surface area contributed by atoms with Gasteiger partial charge in [0.15, 0.2) is 5.82 Å². The van der Waals surface area contributed by atoms with E-state index >= 15 is 0 Å². The van der Waals surface area contributed by atoms with Crippen LogP contribution in [0.25, 0.3) is 5.69 Å². The van der Waals surface area contributed by atoms with Crippen molar-refractivity contribution < 1.29 is 4.92 Å². The molecule has 1 aromatic heterocycles. The molecular formula is C13H18N6O2. The van der Waals surface area contributed by atoms with E-state index in [4.69, 9.17) is 0 Å². The van der Waals surface area contributed by atoms with E-state index < -0.39 is 4.92 Å². The van der Waals surface area contributed by atoms with Gasteiger partial charge in [0.05, 0.1) is 22.2 Å². The molecule has 0 aliphatic carbocycles. The summed E-state index contributed by atoms with van der Waals surface area (Å²) < 4.78 is 1.55. The molecule has 1 aromatic carbocycles. The summed E-state index contributed by atoms with van der Waals surface area (Å²) in [4.78, 5) is 10.6. The maximum absolute atomic E-state index is 11.0. The topological polar surface area (TPSA) is 98.8 Å². The Hall–Kier alpha value is -2.35. The Labute approximate surface area is 122 Å². The van der Waals surface area contributed by atoms with Gasteiger partial charge in [0.2, 0.25) is 0 Å². The van der Waals surface area contributed by atoms with Gasteiger partial charge in [-0.3, -0.25) is 10.1 Å². The van der Waals surface area contributed by atoms with E-state index in [2.05, 4.69) is 27.8 Å². The maximum atomic E-state index is 11.0. The van der Waals surface area contributed by atoms with Crippen molar-refractivity contribution in [2.24, 2.45) is 0 Å². The third-order valence-corrected chi connectivity index (χ3v) is 3.28. The predicted octanol–water partition coefficient (Wildman–Crippen LogP) is 1.94. The van der Waals surface area contributed by atoms with Gasteiger partial charge in [0.25, 0.3) is 5.69 Å². The van der Waals surface area contributed by atoms with Crippen LogP contribution in [0.1, 0.15) is 37.7 Å². The summed E-state index contributed by atoms with van der Waals surface area (Å²) >= 11 is 0. The number of nitro benzene ring substituents is 1. The van der Waals surface area contributed by atoms with Gasteiger partial charge >= 0.3 is 0 Å². The number of hydrogen-bond donors (Lipinski definition) is 1. The number of nitrogens with zero attached hydrogens (tertiary/aromatic N) is 5. The van der Waals surface area contributed by atoms with Crippen molar-refractivity contribution in [1.29, 1.82) is 0 Å². The molecule has 1 heterocycles.